The fourth-order valence-corrected chi connectivity index (χ4v) is 3.89. The number of nitrogens with zero attached hydrogens (tertiary/aromatic N) is 4. The highest BCUT2D eigenvalue weighted by atomic mass is 79.9. The number of aryl methyl sites for hydroxylation is 3. The fourth-order valence-electron chi connectivity index (χ4n) is 3.62. The molecule has 0 aliphatic rings. The van der Waals surface area contributed by atoms with Crippen LogP contribution >= 0.6 is 15.9 Å². The summed E-state index contributed by atoms with van der Waals surface area (Å²) in [5.74, 6) is 0. The minimum Gasteiger partial charge on any atom is -0.295 e. The van der Waals surface area contributed by atoms with E-state index in [-0.39, 0.29) is 11.2 Å². The van der Waals surface area contributed by atoms with Crippen molar-refractivity contribution in [1.82, 2.24) is 18.9 Å². The van der Waals surface area contributed by atoms with E-state index in [1.165, 1.54) is 4.68 Å². The molecule has 0 saturated carbocycles. The van der Waals surface area contributed by atoms with Crippen molar-refractivity contribution < 1.29 is 0 Å². The Balaban J connectivity index is 1.74. The SMILES string of the molecule is CCn1c(=O)n(CC)c2cc(N=Cc3c(C)[nH]n(-c4ccc(Br)cc4)c3=O)ccc21. The Morgan fingerprint density at radius 3 is 2.33 bits per heavy atom. The molecular formula is C22H22BrN5O2. The van der Waals surface area contributed by atoms with Crippen LogP contribution in [0.5, 0.6) is 0 Å². The molecule has 0 spiro atoms. The summed E-state index contributed by atoms with van der Waals surface area (Å²) in [6.45, 7) is 6.95. The zero-order chi connectivity index (χ0) is 21.4. The lowest BCUT2D eigenvalue weighted by Crippen LogP contribution is -2.22. The first-order chi connectivity index (χ1) is 14.4. The van der Waals surface area contributed by atoms with Crippen LogP contribution in [0.15, 0.2) is 61.5 Å². The number of nitrogens with one attached hydrogen (secondary N) is 1. The van der Waals surface area contributed by atoms with E-state index in [4.69, 9.17) is 0 Å². The number of fused-ring (bicyclic) bond motifs is 1. The Hall–Kier alpha value is -3.13. The van der Waals surface area contributed by atoms with Gasteiger partial charge in [-0.3, -0.25) is 24.0 Å². The number of aliphatic imine (C=N–C) groups is 1. The highest BCUT2D eigenvalue weighted by Crippen LogP contribution is 2.21. The molecule has 2 heterocycles. The van der Waals surface area contributed by atoms with Gasteiger partial charge < -0.3 is 0 Å². The molecule has 4 aromatic rings. The Bertz CT molecular complexity index is 1370. The number of aromatic amines is 1. The molecule has 1 N–H and O–H groups in total. The number of imidazole rings is 1. The van der Waals surface area contributed by atoms with Gasteiger partial charge in [-0.05, 0) is 63.2 Å². The van der Waals surface area contributed by atoms with Crippen LogP contribution in [0.4, 0.5) is 5.69 Å². The molecule has 154 valence electrons. The van der Waals surface area contributed by atoms with E-state index in [0.717, 1.165) is 26.9 Å². The molecule has 4 rings (SSSR count). The van der Waals surface area contributed by atoms with Crippen molar-refractivity contribution in [2.45, 2.75) is 33.9 Å². The Labute approximate surface area is 181 Å². The molecular weight excluding hydrogens is 446 g/mol. The molecule has 8 heteroatoms. The molecule has 0 aliphatic heterocycles. The monoisotopic (exact) mass is 467 g/mol. The number of benzene rings is 2. The van der Waals surface area contributed by atoms with Crippen LogP contribution in [-0.2, 0) is 13.1 Å². The minimum atomic E-state index is -0.165. The van der Waals surface area contributed by atoms with Crippen molar-refractivity contribution in [2.24, 2.45) is 4.99 Å². The van der Waals surface area contributed by atoms with Gasteiger partial charge in [0.1, 0.15) is 0 Å². The molecule has 0 aliphatic carbocycles. The van der Waals surface area contributed by atoms with Gasteiger partial charge in [-0.25, -0.2) is 9.48 Å². The third kappa shape index (κ3) is 3.37. The summed E-state index contributed by atoms with van der Waals surface area (Å²) >= 11 is 3.40. The number of H-pyrrole nitrogens is 1. The van der Waals surface area contributed by atoms with Crippen LogP contribution in [0.1, 0.15) is 25.1 Å². The van der Waals surface area contributed by atoms with Crippen LogP contribution in [-0.4, -0.2) is 25.1 Å². The summed E-state index contributed by atoms with van der Waals surface area (Å²) in [6.07, 6.45) is 1.58. The summed E-state index contributed by atoms with van der Waals surface area (Å²) in [7, 11) is 0. The van der Waals surface area contributed by atoms with Crippen molar-refractivity contribution >= 4 is 38.9 Å². The smallest absolute Gasteiger partial charge is 0.295 e. The topological polar surface area (TPSA) is 77.1 Å². The summed E-state index contributed by atoms with van der Waals surface area (Å²) in [5, 5.41) is 3.10. The predicted octanol–water partition coefficient (Wildman–Crippen LogP) is 4.14. The Morgan fingerprint density at radius 1 is 1.00 bits per heavy atom. The van der Waals surface area contributed by atoms with Crippen molar-refractivity contribution in [3.8, 4) is 5.69 Å². The lowest BCUT2D eigenvalue weighted by atomic mass is 10.2. The van der Waals surface area contributed by atoms with E-state index < -0.39 is 0 Å². The highest BCUT2D eigenvalue weighted by molar-refractivity contribution is 9.10. The average Bonchev–Trinajstić information content (AvgIpc) is 3.18. The molecule has 2 aromatic carbocycles. The summed E-state index contributed by atoms with van der Waals surface area (Å²) in [4.78, 5) is 29.9. The van der Waals surface area contributed by atoms with Crippen LogP contribution in [0.25, 0.3) is 16.7 Å². The maximum Gasteiger partial charge on any atom is 0.329 e. The maximum absolute atomic E-state index is 12.9. The van der Waals surface area contributed by atoms with Crippen LogP contribution in [0.2, 0.25) is 0 Å². The molecule has 30 heavy (non-hydrogen) atoms. The van der Waals surface area contributed by atoms with Crippen LogP contribution in [0, 0.1) is 6.92 Å². The van der Waals surface area contributed by atoms with E-state index >= 15 is 0 Å². The van der Waals surface area contributed by atoms with Crippen molar-refractivity contribution in [3.05, 3.63) is 79.0 Å². The number of aromatic nitrogens is 4. The first-order valence-electron chi connectivity index (χ1n) is 9.79. The van der Waals surface area contributed by atoms with E-state index in [9.17, 15) is 9.59 Å². The Kier molecular flexibility index (Phi) is 5.34. The van der Waals surface area contributed by atoms with Crippen LogP contribution in [0.3, 0.4) is 0 Å². The van der Waals surface area contributed by atoms with E-state index in [2.05, 4.69) is 26.0 Å². The van der Waals surface area contributed by atoms with Crippen molar-refractivity contribution in [3.63, 3.8) is 0 Å². The number of halogens is 1. The first-order valence-corrected chi connectivity index (χ1v) is 10.6. The van der Waals surface area contributed by atoms with Gasteiger partial charge in [-0.15, -0.1) is 0 Å². The second-order valence-electron chi connectivity index (χ2n) is 6.97. The van der Waals surface area contributed by atoms with Gasteiger partial charge in [0, 0.05) is 29.5 Å². The third-order valence-electron chi connectivity index (χ3n) is 5.18. The molecule has 0 bridgehead atoms. The standard InChI is InChI=1S/C22H22BrN5O2/c1-4-26-19-11-8-16(12-20(19)27(5-2)22(26)30)24-13-18-14(3)25-28(21(18)29)17-9-6-15(23)7-10-17/h6-13,25H,4-5H2,1-3H3. The second-order valence-corrected chi connectivity index (χ2v) is 7.89. The van der Waals surface area contributed by atoms with Gasteiger partial charge in [-0.2, -0.15) is 0 Å². The molecule has 0 atom stereocenters. The minimum absolute atomic E-state index is 0.0185. The van der Waals surface area contributed by atoms with Gasteiger partial charge in [0.25, 0.3) is 5.56 Å². The first kappa shape index (κ1) is 20.2. The fraction of sp³-hybridized carbons (Fsp3) is 0.227. The molecule has 0 saturated heterocycles. The molecule has 0 unspecified atom stereocenters. The van der Waals surface area contributed by atoms with Crippen molar-refractivity contribution in [1.29, 1.82) is 0 Å². The zero-order valence-electron chi connectivity index (χ0n) is 17.0. The number of rotatable bonds is 5. The third-order valence-corrected chi connectivity index (χ3v) is 5.71. The van der Waals surface area contributed by atoms with Crippen LogP contribution < -0.4 is 11.2 Å². The van der Waals surface area contributed by atoms with Gasteiger partial charge in [0.2, 0.25) is 0 Å². The van der Waals surface area contributed by atoms with Gasteiger partial charge in [0.15, 0.2) is 0 Å². The lowest BCUT2D eigenvalue weighted by molar-refractivity contribution is 0.671. The maximum atomic E-state index is 12.9. The van der Waals surface area contributed by atoms with E-state index in [1.54, 1.807) is 15.3 Å². The lowest BCUT2D eigenvalue weighted by Gasteiger charge is -2.00. The molecule has 0 fully saturated rings. The normalized spacial score (nSPS) is 11.7. The largest absolute Gasteiger partial charge is 0.329 e. The number of hydrogen-bond donors (Lipinski definition) is 1. The highest BCUT2D eigenvalue weighted by Gasteiger charge is 2.13. The molecule has 0 radical (unpaired) electrons. The van der Waals surface area contributed by atoms with E-state index in [1.807, 2.05) is 63.2 Å². The molecule has 0 amide bonds. The van der Waals surface area contributed by atoms with Gasteiger partial charge >= 0.3 is 5.69 Å². The summed E-state index contributed by atoms with van der Waals surface area (Å²) in [5.41, 5.74) is 4.22. The average molecular weight is 468 g/mol. The van der Waals surface area contributed by atoms with Gasteiger partial charge in [0.05, 0.1) is 28.0 Å². The summed E-state index contributed by atoms with van der Waals surface area (Å²) < 4.78 is 5.93. The quantitative estimate of drug-likeness (QED) is 0.447. The molecule has 7 nitrogen and oxygen atoms in total. The zero-order valence-corrected chi connectivity index (χ0v) is 18.6. The van der Waals surface area contributed by atoms with Crippen molar-refractivity contribution in [2.75, 3.05) is 0 Å². The summed E-state index contributed by atoms with van der Waals surface area (Å²) in [6, 6.07) is 13.1. The molecule has 2 aromatic heterocycles. The van der Waals surface area contributed by atoms with E-state index in [0.29, 0.717) is 24.3 Å². The predicted molar refractivity (Wildman–Crippen MR) is 124 cm³/mol. The van der Waals surface area contributed by atoms with Gasteiger partial charge in [-0.1, -0.05) is 15.9 Å². The number of hydrogen-bond acceptors (Lipinski definition) is 3. The second kappa shape index (κ2) is 7.95. The Morgan fingerprint density at radius 2 is 1.67 bits per heavy atom.